The fraction of sp³-hybridized carbons (Fsp3) is 0.100. The molecule has 0 aliphatic heterocycles. The molecule has 1 N–H and O–H groups in total. The number of benzene rings is 1. The molecule has 0 aliphatic carbocycles. The van der Waals surface area contributed by atoms with Crippen LogP contribution in [-0.2, 0) is 7.05 Å². The molecule has 0 aliphatic rings. The first kappa shape index (κ1) is 9.51. The van der Waals surface area contributed by atoms with E-state index in [0.29, 0.717) is 0 Å². The lowest BCUT2D eigenvalue weighted by Crippen LogP contribution is -2.09. The van der Waals surface area contributed by atoms with Crippen LogP contribution in [0.3, 0.4) is 0 Å². The topological polar surface area (TPSA) is 37.8 Å². The monoisotopic (exact) mass is 300 g/mol. The minimum Gasteiger partial charge on any atom is -0.295 e. The second-order valence-electron chi connectivity index (χ2n) is 3.08. The molecule has 72 valence electrons. The van der Waals surface area contributed by atoms with Crippen LogP contribution in [0.4, 0.5) is 0 Å². The molecule has 14 heavy (non-hydrogen) atoms. The van der Waals surface area contributed by atoms with Crippen LogP contribution in [0, 0.1) is 3.57 Å². The molecular formula is C10H9IN2O. The molecule has 0 fully saturated rings. The highest BCUT2D eigenvalue weighted by Crippen LogP contribution is 2.17. The predicted molar refractivity (Wildman–Crippen MR) is 64.2 cm³/mol. The van der Waals surface area contributed by atoms with Crippen LogP contribution in [0.5, 0.6) is 0 Å². The van der Waals surface area contributed by atoms with Crippen molar-refractivity contribution in [3.8, 4) is 11.3 Å². The zero-order valence-electron chi connectivity index (χ0n) is 7.62. The fourth-order valence-corrected chi connectivity index (χ4v) is 1.84. The number of halogens is 1. The summed E-state index contributed by atoms with van der Waals surface area (Å²) in [6, 6.07) is 9.61. The number of H-pyrrole nitrogens is 1. The largest absolute Gasteiger partial charge is 0.295 e. The molecule has 1 aromatic heterocycles. The summed E-state index contributed by atoms with van der Waals surface area (Å²) in [5.74, 6) is 0. The lowest BCUT2D eigenvalue weighted by molar-refractivity contribution is 0.742. The number of hydrogen-bond donors (Lipinski definition) is 1. The van der Waals surface area contributed by atoms with Crippen LogP contribution in [-0.4, -0.2) is 9.78 Å². The van der Waals surface area contributed by atoms with E-state index in [4.69, 9.17) is 0 Å². The molecule has 4 heteroatoms. The van der Waals surface area contributed by atoms with Gasteiger partial charge >= 0.3 is 0 Å². The van der Waals surface area contributed by atoms with Crippen molar-refractivity contribution in [2.75, 3.05) is 0 Å². The van der Waals surface area contributed by atoms with E-state index < -0.39 is 0 Å². The van der Waals surface area contributed by atoms with Crippen molar-refractivity contribution in [2.45, 2.75) is 0 Å². The predicted octanol–water partition coefficient (Wildman–Crippen LogP) is 1.98. The Kier molecular flexibility index (Phi) is 2.45. The van der Waals surface area contributed by atoms with Crippen molar-refractivity contribution < 1.29 is 0 Å². The average molecular weight is 300 g/mol. The third-order valence-electron chi connectivity index (χ3n) is 2.02. The highest BCUT2D eigenvalue weighted by atomic mass is 127. The van der Waals surface area contributed by atoms with Gasteiger partial charge in [-0.15, -0.1) is 0 Å². The zero-order chi connectivity index (χ0) is 10.1. The quantitative estimate of drug-likeness (QED) is 0.804. The maximum atomic E-state index is 11.2. The van der Waals surface area contributed by atoms with Gasteiger partial charge in [-0.25, -0.2) is 0 Å². The first-order chi connectivity index (χ1) is 6.66. The van der Waals surface area contributed by atoms with Crippen molar-refractivity contribution in [3.63, 3.8) is 0 Å². The Balaban J connectivity index is 2.54. The molecule has 2 aromatic rings. The van der Waals surface area contributed by atoms with Gasteiger partial charge < -0.3 is 0 Å². The Morgan fingerprint density at radius 1 is 1.36 bits per heavy atom. The van der Waals surface area contributed by atoms with E-state index in [1.165, 1.54) is 4.68 Å². The number of hydrogen-bond acceptors (Lipinski definition) is 1. The van der Waals surface area contributed by atoms with Crippen LogP contribution >= 0.6 is 22.6 Å². The van der Waals surface area contributed by atoms with E-state index in [-0.39, 0.29) is 5.56 Å². The van der Waals surface area contributed by atoms with E-state index in [9.17, 15) is 4.79 Å². The first-order valence-corrected chi connectivity index (χ1v) is 5.27. The van der Waals surface area contributed by atoms with Crippen LogP contribution in [0.1, 0.15) is 0 Å². The smallest absolute Gasteiger partial charge is 0.266 e. The molecule has 0 amide bonds. The van der Waals surface area contributed by atoms with Gasteiger partial charge in [-0.3, -0.25) is 14.6 Å². The van der Waals surface area contributed by atoms with Crippen molar-refractivity contribution in [1.82, 2.24) is 9.78 Å². The Morgan fingerprint density at radius 2 is 2.14 bits per heavy atom. The highest BCUT2D eigenvalue weighted by Gasteiger charge is 2.02. The summed E-state index contributed by atoms with van der Waals surface area (Å²) in [4.78, 5) is 11.2. The summed E-state index contributed by atoms with van der Waals surface area (Å²) >= 11 is 2.25. The average Bonchev–Trinajstić information content (AvgIpc) is 2.47. The van der Waals surface area contributed by atoms with Crippen molar-refractivity contribution in [2.24, 2.45) is 7.05 Å². The van der Waals surface area contributed by atoms with Crippen molar-refractivity contribution >= 4 is 22.6 Å². The van der Waals surface area contributed by atoms with Gasteiger partial charge in [0.25, 0.3) is 5.56 Å². The van der Waals surface area contributed by atoms with Gasteiger partial charge in [-0.1, -0.05) is 12.1 Å². The van der Waals surface area contributed by atoms with E-state index in [2.05, 4.69) is 27.7 Å². The normalized spacial score (nSPS) is 10.4. The van der Waals surface area contributed by atoms with Gasteiger partial charge in [0.1, 0.15) is 0 Å². The Bertz CT molecular complexity index is 513. The van der Waals surface area contributed by atoms with Gasteiger partial charge in [0.15, 0.2) is 0 Å². The second-order valence-corrected chi connectivity index (χ2v) is 4.32. The summed E-state index contributed by atoms with van der Waals surface area (Å²) in [5, 5.41) is 2.99. The standard InChI is InChI=1S/C10H9IN2O/c1-13-10(14)6-9(12-13)7-3-2-4-8(11)5-7/h2-6,12H,1H3. The van der Waals surface area contributed by atoms with Crippen LogP contribution in [0.15, 0.2) is 35.1 Å². The van der Waals surface area contributed by atoms with Crippen LogP contribution in [0.25, 0.3) is 11.3 Å². The third kappa shape index (κ3) is 1.75. The number of nitrogens with one attached hydrogen (secondary N) is 1. The number of aromatic nitrogens is 2. The molecule has 0 saturated heterocycles. The molecule has 1 heterocycles. The highest BCUT2D eigenvalue weighted by molar-refractivity contribution is 14.1. The zero-order valence-corrected chi connectivity index (χ0v) is 9.78. The number of rotatable bonds is 1. The number of aryl methyl sites for hydroxylation is 1. The molecule has 0 atom stereocenters. The molecule has 0 unspecified atom stereocenters. The molecular weight excluding hydrogens is 291 g/mol. The van der Waals surface area contributed by atoms with Gasteiger partial charge in [0.2, 0.25) is 0 Å². The summed E-state index contributed by atoms with van der Waals surface area (Å²) < 4.78 is 2.62. The summed E-state index contributed by atoms with van der Waals surface area (Å²) in [6.07, 6.45) is 0. The maximum Gasteiger partial charge on any atom is 0.266 e. The SMILES string of the molecule is Cn1[nH]c(-c2cccc(I)c2)cc1=O. The molecule has 2 rings (SSSR count). The Morgan fingerprint density at radius 3 is 2.71 bits per heavy atom. The maximum absolute atomic E-state index is 11.2. The fourth-order valence-electron chi connectivity index (χ4n) is 1.29. The minimum atomic E-state index is -0.0149. The molecule has 0 spiro atoms. The molecule has 0 bridgehead atoms. The van der Waals surface area contributed by atoms with Crippen molar-refractivity contribution in [1.29, 1.82) is 0 Å². The summed E-state index contributed by atoms with van der Waals surface area (Å²) in [6.45, 7) is 0. The number of aromatic amines is 1. The van der Waals surface area contributed by atoms with E-state index >= 15 is 0 Å². The molecule has 3 nitrogen and oxygen atoms in total. The lowest BCUT2D eigenvalue weighted by atomic mass is 10.2. The molecule has 0 radical (unpaired) electrons. The van der Waals surface area contributed by atoms with Crippen LogP contribution in [0.2, 0.25) is 0 Å². The first-order valence-electron chi connectivity index (χ1n) is 4.19. The number of nitrogens with zero attached hydrogens (tertiary/aromatic N) is 1. The minimum absolute atomic E-state index is 0.0149. The van der Waals surface area contributed by atoms with E-state index in [0.717, 1.165) is 14.8 Å². The van der Waals surface area contributed by atoms with Crippen molar-refractivity contribution in [3.05, 3.63) is 44.3 Å². The Hall–Kier alpha value is -1.04. The van der Waals surface area contributed by atoms with Gasteiger partial charge in [-0.2, -0.15) is 0 Å². The van der Waals surface area contributed by atoms with E-state index in [1.54, 1.807) is 13.1 Å². The summed E-state index contributed by atoms with van der Waals surface area (Å²) in [5.41, 5.74) is 1.88. The third-order valence-corrected chi connectivity index (χ3v) is 2.69. The Labute approximate surface area is 94.9 Å². The van der Waals surface area contributed by atoms with Gasteiger partial charge in [-0.05, 0) is 34.7 Å². The molecule has 0 saturated carbocycles. The van der Waals surface area contributed by atoms with E-state index in [1.807, 2.05) is 24.3 Å². The van der Waals surface area contributed by atoms with Crippen LogP contribution < -0.4 is 5.56 Å². The summed E-state index contributed by atoms with van der Waals surface area (Å²) in [7, 11) is 1.71. The van der Waals surface area contributed by atoms with Gasteiger partial charge in [0.05, 0.1) is 5.69 Å². The lowest BCUT2D eigenvalue weighted by Gasteiger charge is -1.97. The second kappa shape index (κ2) is 3.61. The molecule has 1 aromatic carbocycles. The van der Waals surface area contributed by atoms with Gasteiger partial charge in [0, 0.05) is 22.2 Å².